The van der Waals surface area contributed by atoms with E-state index < -0.39 is 5.60 Å². The van der Waals surface area contributed by atoms with Crippen molar-refractivity contribution in [3.63, 3.8) is 0 Å². The molecule has 120 valence electrons. The van der Waals surface area contributed by atoms with Gasteiger partial charge in [-0.15, -0.1) is 0 Å². The maximum absolute atomic E-state index is 10.6. The minimum atomic E-state index is -0.637. The Hall–Kier alpha value is -1.07. The van der Waals surface area contributed by atoms with Crippen LogP contribution in [-0.2, 0) is 6.54 Å². The maximum Gasteiger partial charge on any atom is 0.191 e. The first-order valence-corrected chi connectivity index (χ1v) is 8.83. The first kappa shape index (κ1) is 18.0. The van der Waals surface area contributed by atoms with Gasteiger partial charge in [0.05, 0.1) is 12.1 Å². The summed E-state index contributed by atoms with van der Waals surface area (Å²) in [5.74, 6) is 0.773. The van der Waals surface area contributed by atoms with Crippen molar-refractivity contribution >= 4 is 17.3 Å². The van der Waals surface area contributed by atoms with Gasteiger partial charge in [-0.1, -0.05) is 26.7 Å². The van der Waals surface area contributed by atoms with Gasteiger partial charge in [0.1, 0.15) is 0 Å². The van der Waals surface area contributed by atoms with E-state index in [0.717, 1.165) is 38.2 Å². The minimum Gasteiger partial charge on any atom is -0.388 e. The average Bonchev–Trinajstić information content (AvgIpc) is 2.96. The van der Waals surface area contributed by atoms with E-state index in [-0.39, 0.29) is 0 Å². The van der Waals surface area contributed by atoms with E-state index in [9.17, 15) is 5.11 Å². The lowest BCUT2D eigenvalue weighted by Crippen LogP contribution is -2.47. The van der Waals surface area contributed by atoms with E-state index in [1.165, 1.54) is 5.56 Å². The largest absolute Gasteiger partial charge is 0.388 e. The summed E-state index contributed by atoms with van der Waals surface area (Å²) >= 11 is 1.69. The zero-order valence-electron chi connectivity index (χ0n) is 13.5. The van der Waals surface area contributed by atoms with Gasteiger partial charge in [-0.05, 0) is 42.2 Å². The summed E-state index contributed by atoms with van der Waals surface area (Å²) in [4.78, 5) is 4.57. The fourth-order valence-electron chi connectivity index (χ4n) is 2.38. The molecule has 0 radical (unpaired) electrons. The lowest BCUT2D eigenvalue weighted by Gasteiger charge is -2.28. The summed E-state index contributed by atoms with van der Waals surface area (Å²) in [7, 11) is 0. The molecule has 0 aliphatic carbocycles. The molecule has 1 rings (SSSR count). The Kier molecular flexibility index (Phi) is 8.38. The number of aliphatic imine (C=N–C) groups is 1. The molecule has 5 heteroatoms. The molecule has 0 spiro atoms. The Morgan fingerprint density at radius 2 is 1.95 bits per heavy atom. The molecule has 1 heterocycles. The van der Waals surface area contributed by atoms with Gasteiger partial charge in [-0.3, -0.25) is 0 Å². The van der Waals surface area contributed by atoms with Crippen molar-refractivity contribution in [3.05, 3.63) is 22.4 Å². The third-order valence-corrected chi connectivity index (χ3v) is 4.09. The molecule has 0 aliphatic rings. The smallest absolute Gasteiger partial charge is 0.191 e. The highest BCUT2D eigenvalue weighted by atomic mass is 32.1. The zero-order chi connectivity index (χ0) is 15.6. The Balaban J connectivity index is 2.58. The lowest BCUT2D eigenvalue weighted by molar-refractivity contribution is 0.0257. The Bertz CT molecular complexity index is 398. The van der Waals surface area contributed by atoms with Crippen LogP contribution >= 0.6 is 11.3 Å². The van der Waals surface area contributed by atoms with Gasteiger partial charge in [0.15, 0.2) is 5.96 Å². The van der Waals surface area contributed by atoms with Gasteiger partial charge in [0.25, 0.3) is 0 Å². The second-order valence-electron chi connectivity index (χ2n) is 5.40. The second-order valence-corrected chi connectivity index (χ2v) is 6.18. The molecular formula is C16H29N3OS. The summed E-state index contributed by atoms with van der Waals surface area (Å²) in [6, 6.07) is 2.09. The summed E-state index contributed by atoms with van der Waals surface area (Å²) in [6.07, 6.45) is 3.61. The Morgan fingerprint density at radius 1 is 1.24 bits per heavy atom. The van der Waals surface area contributed by atoms with Crippen molar-refractivity contribution in [2.75, 3.05) is 13.1 Å². The van der Waals surface area contributed by atoms with Crippen LogP contribution in [0.2, 0.25) is 0 Å². The van der Waals surface area contributed by atoms with Crippen molar-refractivity contribution in [1.29, 1.82) is 0 Å². The number of hydrogen-bond donors (Lipinski definition) is 3. The topological polar surface area (TPSA) is 56.6 Å². The number of aliphatic hydroxyl groups is 1. The number of hydrogen-bond acceptors (Lipinski definition) is 3. The zero-order valence-corrected chi connectivity index (χ0v) is 14.3. The van der Waals surface area contributed by atoms with Gasteiger partial charge < -0.3 is 15.7 Å². The molecule has 21 heavy (non-hydrogen) atoms. The first-order chi connectivity index (χ1) is 10.1. The molecule has 1 aromatic rings. The highest BCUT2D eigenvalue weighted by molar-refractivity contribution is 7.07. The van der Waals surface area contributed by atoms with Crippen molar-refractivity contribution < 1.29 is 5.11 Å². The number of rotatable bonds is 9. The summed E-state index contributed by atoms with van der Waals surface area (Å²) in [5.41, 5.74) is 0.580. The standard InChI is InChI=1S/C16H29N3OS/c1-4-8-16(20,9-5-2)13-19-15(17-6-3)18-11-14-7-10-21-12-14/h7,10,12,20H,4-6,8-9,11,13H2,1-3H3,(H2,17,18,19). The van der Waals surface area contributed by atoms with Gasteiger partial charge in [-0.25, -0.2) is 4.99 Å². The van der Waals surface area contributed by atoms with Gasteiger partial charge in [0.2, 0.25) is 0 Å². The van der Waals surface area contributed by atoms with Crippen LogP contribution in [0.15, 0.2) is 21.8 Å². The van der Waals surface area contributed by atoms with Gasteiger partial charge in [0, 0.05) is 13.1 Å². The maximum atomic E-state index is 10.6. The SMILES string of the molecule is CCCC(O)(CCC)CNC(=NCc1ccsc1)NCC. The van der Waals surface area contributed by atoms with E-state index in [2.05, 4.69) is 46.3 Å². The van der Waals surface area contributed by atoms with Crippen LogP contribution in [0.25, 0.3) is 0 Å². The first-order valence-electron chi connectivity index (χ1n) is 7.89. The molecule has 0 aromatic carbocycles. The quantitative estimate of drug-likeness (QED) is 0.485. The monoisotopic (exact) mass is 311 g/mol. The number of nitrogens with zero attached hydrogens (tertiary/aromatic N) is 1. The molecule has 0 unspecified atom stereocenters. The van der Waals surface area contributed by atoms with Gasteiger partial charge in [-0.2, -0.15) is 11.3 Å². The molecule has 1 aromatic heterocycles. The molecule has 0 saturated carbocycles. The van der Waals surface area contributed by atoms with Crippen molar-refractivity contribution in [1.82, 2.24) is 10.6 Å². The molecule has 0 atom stereocenters. The molecule has 0 aliphatic heterocycles. The van der Waals surface area contributed by atoms with Crippen LogP contribution in [0.4, 0.5) is 0 Å². The van der Waals surface area contributed by atoms with Crippen molar-refractivity contribution in [3.8, 4) is 0 Å². The molecule has 4 nitrogen and oxygen atoms in total. The Morgan fingerprint density at radius 3 is 2.48 bits per heavy atom. The Labute approximate surface area is 132 Å². The summed E-state index contributed by atoms with van der Waals surface area (Å²) in [6.45, 7) is 8.29. The predicted molar refractivity (Wildman–Crippen MR) is 91.9 cm³/mol. The summed E-state index contributed by atoms with van der Waals surface area (Å²) in [5, 5.41) is 21.3. The van der Waals surface area contributed by atoms with Crippen LogP contribution in [0, 0.1) is 0 Å². The average molecular weight is 311 g/mol. The third-order valence-electron chi connectivity index (χ3n) is 3.36. The summed E-state index contributed by atoms with van der Waals surface area (Å²) < 4.78 is 0. The van der Waals surface area contributed by atoms with Crippen molar-refractivity contribution in [2.24, 2.45) is 4.99 Å². The van der Waals surface area contributed by atoms with Crippen LogP contribution in [0.5, 0.6) is 0 Å². The molecule has 3 N–H and O–H groups in total. The third kappa shape index (κ3) is 6.96. The number of nitrogens with one attached hydrogen (secondary N) is 2. The van der Waals surface area contributed by atoms with Crippen molar-refractivity contribution in [2.45, 2.75) is 58.6 Å². The van der Waals surface area contributed by atoms with Crippen LogP contribution in [0.3, 0.4) is 0 Å². The second kappa shape index (κ2) is 9.79. The highest BCUT2D eigenvalue weighted by Gasteiger charge is 2.24. The normalized spacial score (nSPS) is 12.5. The molecule has 0 fully saturated rings. The number of guanidine groups is 1. The fraction of sp³-hybridized carbons (Fsp3) is 0.688. The predicted octanol–water partition coefficient (Wildman–Crippen LogP) is 3.13. The van der Waals surface area contributed by atoms with Crippen LogP contribution in [-0.4, -0.2) is 29.8 Å². The van der Waals surface area contributed by atoms with E-state index in [4.69, 9.17) is 0 Å². The lowest BCUT2D eigenvalue weighted by atomic mass is 9.93. The number of thiophene rings is 1. The minimum absolute atomic E-state index is 0.546. The fourth-order valence-corrected chi connectivity index (χ4v) is 3.04. The molecule has 0 bridgehead atoms. The van der Waals surface area contributed by atoms with Crippen LogP contribution < -0.4 is 10.6 Å². The highest BCUT2D eigenvalue weighted by Crippen LogP contribution is 2.18. The van der Waals surface area contributed by atoms with E-state index in [1.807, 2.05) is 6.92 Å². The van der Waals surface area contributed by atoms with E-state index in [0.29, 0.717) is 13.1 Å². The van der Waals surface area contributed by atoms with E-state index >= 15 is 0 Å². The van der Waals surface area contributed by atoms with Gasteiger partial charge >= 0.3 is 0 Å². The van der Waals surface area contributed by atoms with Crippen LogP contribution in [0.1, 0.15) is 52.0 Å². The molecule has 0 saturated heterocycles. The molecule has 0 amide bonds. The van der Waals surface area contributed by atoms with E-state index in [1.54, 1.807) is 11.3 Å². The molecular weight excluding hydrogens is 282 g/mol.